The lowest BCUT2D eigenvalue weighted by atomic mass is 9.99. The summed E-state index contributed by atoms with van der Waals surface area (Å²) in [6.45, 7) is 1.78. The molecule has 0 aliphatic carbocycles. The molecule has 0 aliphatic heterocycles. The Kier molecular flexibility index (Phi) is 4.90. The number of aryl methyl sites for hydroxylation is 1. The van der Waals surface area contributed by atoms with Gasteiger partial charge < -0.3 is 8.60 Å². The van der Waals surface area contributed by atoms with Crippen LogP contribution in [0.25, 0.3) is 22.1 Å². The van der Waals surface area contributed by atoms with Crippen molar-refractivity contribution >= 4 is 32.7 Å². The van der Waals surface area contributed by atoms with Gasteiger partial charge in [0.2, 0.25) is 0 Å². The molecule has 0 saturated carbocycles. The van der Waals surface area contributed by atoms with Gasteiger partial charge in [-0.3, -0.25) is 0 Å². The third-order valence-electron chi connectivity index (χ3n) is 4.51. The van der Waals surface area contributed by atoms with Crippen LogP contribution in [-0.4, -0.2) is 8.42 Å². The minimum atomic E-state index is -3.98. The quantitative estimate of drug-likeness (QED) is 0.331. The van der Waals surface area contributed by atoms with Gasteiger partial charge in [0.25, 0.3) is 0 Å². The Morgan fingerprint density at radius 2 is 1.62 bits per heavy atom. The number of halogens is 1. The van der Waals surface area contributed by atoms with Gasteiger partial charge in [-0.1, -0.05) is 41.9 Å². The van der Waals surface area contributed by atoms with Gasteiger partial charge in [0.1, 0.15) is 16.2 Å². The summed E-state index contributed by atoms with van der Waals surface area (Å²) in [5, 5.41) is 1.13. The first kappa shape index (κ1) is 19.2. The Balaban J connectivity index is 1.81. The summed E-state index contributed by atoms with van der Waals surface area (Å²) in [4.78, 5) is 12.6. The predicted octanol–water partition coefficient (Wildman–Crippen LogP) is 5.19. The van der Waals surface area contributed by atoms with Gasteiger partial charge >= 0.3 is 15.7 Å². The molecule has 0 spiro atoms. The van der Waals surface area contributed by atoms with Crippen LogP contribution in [-0.2, 0) is 10.1 Å². The van der Waals surface area contributed by atoms with Crippen LogP contribution >= 0.6 is 11.6 Å². The van der Waals surface area contributed by atoms with Crippen molar-refractivity contribution in [3.63, 3.8) is 0 Å². The first-order valence-electron chi connectivity index (χ1n) is 8.68. The van der Waals surface area contributed by atoms with Crippen molar-refractivity contribution in [2.45, 2.75) is 11.8 Å². The second kappa shape index (κ2) is 7.39. The average Bonchev–Trinajstić information content (AvgIpc) is 2.70. The zero-order valence-corrected chi connectivity index (χ0v) is 16.8. The van der Waals surface area contributed by atoms with Crippen LogP contribution in [0.1, 0.15) is 5.56 Å². The van der Waals surface area contributed by atoms with Crippen LogP contribution in [0, 0.1) is 6.92 Å². The number of rotatable bonds is 4. The monoisotopic (exact) mass is 426 g/mol. The summed E-state index contributed by atoms with van der Waals surface area (Å²) in [6, 6.07) is 19.2. The molecule has 0 saturated heterocycles. The number of benzene rings is 3. The van der Waals surface area contributed by atoms with E-state index in [1.165, 1.54) is 24.3 Å². The molecule has 0 aliphatic rings. The van der Waals surface area contributed by atoms with E-state index in [4.69, 9.17) is 20.2 Å². The molecule has 1 heterocycles. The molecule has 0 fully saturated rings. The van der Waals surface area contributed by atoms with Gasteiger partial charge in [-0.2, -0.15) is 8.42 Å². The van der Waals surface area contributed by atoms with E-state index >= 15 is 0 Å². The van der Waals surface area contributed by atoms with Crippen molar-refractivity contribution in [1.82, 2.24) is 0 Å². The van der Waals surface area contributed by atoms with E-state index in [-0.39, 0.29) is 10.6 Å². The minimum Gasteiger partial charge on any atom is -0.422 e. The second-order valence-corrected chi connectivity index (χ2v) is 8.39. The Bertz CT molecular complexity index is 1360. The summed E-state index contributed by atoms with van der Waals surface area (Å²) in [5.41, 5.74) is 1.56. The van der Waals surface area contributed by atoms with Gasteiger partial charge in [0, 0.05) is 10.4 Å². The van der Waals surface area contributed by atoms with Crippen molar-refractivity contribution in [3.8, 4) is 16.9 Å². The zero-order valence-electron chi connectivity index (χ0n) is 15.3. The molecule has 0 radical (unpaired) electrons. The summed E-state index contributed by atoms with van der Waals surface area (Å²) < 4.78 is 35.7. The Hall–Kier alpha value is -3.09. The number of hydrogen-bond acceptors (Lipinski definition) is 5. The maximum absolute atomic E-state index is 12.5. The summed E-state index contributed by atoms with van der Waals surface area (Å²) in [7, 11) is -3.98. The van der Waals surface area contributed by atoms with Crippen molar-refractivity contribution in [1.29, 1.82) is 0 Å². The molecule has 0 amide bonds. The molecule has 29 heavy (non-hydrogen) atoms. The fourth-order valence-electron chi connectivity index (χ4n) is 3.09. The van der Waals surface area contributed by atoms with Crippen LogP contribution in [0.15, 0.2) is 86.9 Å². The molecule has 5 nitrogen and oxygen atoms in total. The van der Waals surface area contributed by atoms with Crippen molar-refractivity contribution in [2.24, 2.45) is 0 Å². The molecule has 0 atom stereocenters. The predicted molar refractivity (Wildman–Crippen MR) is 112 cm³/mol. The van der Waals surface area contributed by atoms with Gasteiger partial charge in [0.05, 0.1) is 5.56 Å². The summed E-state index contributed by atoms with van der Waals surface area (Å²) in [6.07, 6.45) is 0. The molecule has 4 aromatic rings. The van der Waals surface area contributed by atoms with Gasteiger partial charge in [0.15, 0.2) is 0 Å². The maximum Gasteiger partial charge on any atom is 0.344 e. The van der Waals surface area contributed by atoms with Crippen LogP contribution in [0.2, 0.25) is 5.02 Å². The van der Waals surface area contributed by atoms with Crippen molar-refractivity contribution in [3.05, 3.63) is 93.8 Å². The molecule has 3 aromatic carbocycles. The van der Waals surface area contributed by atoms with Crippen LogP contribution in [0.5, 0.6) is 5.75 Å². The van der Waals surface area contributed by atoms with E-state index in [0.717, 1.165) is 0 Å². The Labute approximate surface area is 172 Å². The lowest BCUT2D eigenvalue weighted by Crippen LogP contribution is -2.10. The molecule has 4 rings (SSSR count). The van der Waals surface area contributed by atoms with E-state index in [1.807, 2.05) is 0 Å². The zero-order chi connectivity index (χ0) is 20.6. The van der Waals surface area contributed by atoms with Crippen molar-refractivity contribution < 1.29 is 17.0 Å². The third kappa shape index (κ3) is 3.77. The van der Waals surface area contributed by atoms with Gasteiger partial charge in [-0.15, -0.1) is 0 Å². The topological polar surface area (TPSA) is 73.6 Å². The molecular weight excluding hydrogens is 412 g/mol. The molecule has 0 unspecified atom stereocenters. The smallest absolute Gasteiger partial charge is 0.344 e. The van der Waals surface area contributed by atoms with Crippen LogP contribution in [0.3, 0.4) is 0 Å². The van der Waals surface area contributed by atoms with Crippen LogP contribution < -0.4 is 9.81 Å². The highest BCUT2D eigenvalue weighted by molar-refractivity contribution is 7.87. The summed E-state index contributed by atoms with van der Waals surface area (Å²) >= 11 is 5.93. The number of hydrogen-bond donors (Lipinski definition) is 0. The fourth-order valence-corrected chi connectivity index (χ4v) is 4.16. The maximum atomic E-state index is 12.5. The Morgan fingerprint density at radius 1 is 0.931 bits per heavy atom. The Morgan fingerprint density at radius 3 is 2.31 bits per heavy atom. The molecular formula is C22H15ClO5S. The lowest BCUT2D eigenvalue weighted by molar-refractivity contribution is 0.486. The van der Waals surface area contributed by atoms with Crippen LogP contribution in [0.4, 0.5) is 0 Å². The molecule has 146 valence electrons. The molecule has 0 N–H and O–H groups in total. The normalized spacial score (nSPS) is 11.5. The highest BCUT2D eigenvalue weighted by Crippen LogP contribution is 2.30. The van der Waals surface area contributed by atoms with E-state index in [0.29, 0.717) is 32.7 Å². The third-order valence-corrected chi connectivity index (χ3v) is 6.02. The molecule has 1 aromatic heterocycles. The number of fused-ring (bicyclic) bond motifs is 1. The molecule has 0 bridgehead atoms. The minimum absolute atomic E-state index is 0.0539. The van der Waals surface area contributed by atoms with E-state index in [1.54, 1.807) is 55.5 Å². The van der Waals surface area contributed by atoms with E-state index < -0.39 is 15.7 Å². The van der Waals surface area contributed by atoms with E-state index in [9.17, 15) is 13.2 Å². The highest BCUT2D eigenvalue weighted by atomic mass is 35.5. The first-order chi connectivity index (χ1) is 13.8. The van der Waals surface area contributed by atoms with E-state index in [2.05, 4.69) is 0 Å². The largest absolute Gasteiger partial charge is 0.422 e. The summed E-state index contributed by atoms with van der Waals surface area (Å²) in [5.74, 6) is 0.125. The second-order valence-electron chi connectivity index (χ2n) is 6.40. The van der Waals surface area contributed by atoms with Gasteiger partial charge in [-0.25, -0.2) is 4.79 Å². The van der Waals surface area contributed by atoms with Gasteiger partial charge in [-0.05, 0) is 60.5 Å². The highest BCUT2D eigenvalue weighted by Gasteiger charge is 2.18. The first-order valence-corrected chi connectivity index (χ1v) is 10.5. The average molecular weight is 427 g/mol. The fraction of sp³-hybridized carbons (Fsp3) is 0.0455. The van der Waals surface area contributed by atoms with Crippen molar-refractivity contribution in [2.75, 3.05) is 0 Å². The SMILES string of the molecule is Cc1c(-c2ccc(Cl)cc2)c(=O)oc2ccc(OS(=O)(=O)c3ccccc3)cc12. The standard InChI is InChI=1S/C22H15ClO5S/c1-14-19-13-17(28-29(25,26)18-5-3-2-4-6-18)11-12-20(19)27-22(24)21(14)15-7-9-16(23)10-8-15/h2-13H,1H3. The molecule has 7 heteroatoms. The lowest BCUT2D eigenvalue weighted by Gasteiger charge is -2.11.